The van der Waals surface area contributed by atoms with E-state index in [4.69, 9.17) is 39.9 Å². The third-order valence-corrected chi connectivity index (χ3v) is 22.2. The first-order valence-corrected chi connectivity index (χ1v) is 37.1. The first kappa shape index (κ1) is 90.7. The molecule has 0 amide bonds. The van der Waals surface area contributed by atoms with Crippen molar-refractivity contribution in [1.29, 1.82) is 0 Å². The molecule has 22 nitrogen and oxygen atoms in total. The van der Waals surface area contributed by atoms with Crippen LogP contribution in [0.2, 0.25) is 27.3 Å². The molecule has 556 valence electrons. The van der Waals surface area contributed by atoms with Gasteiger partial charge in [-0.2, -0.15) is 0 Å². The van der Waals surface area contributed by atoms with Crippen LogP contribution in [0.5, 0.6) is 0 Å². The molecule has 0 saturated heterocycles. The summed E-state index contributed by atoms with van der Waals surface area (Å²) in [6, 6.07) is 1.14. The zero-order chi connectivity index (χ0) is 73.7. The number of esters is 6. The summed E-state index contributed by atoms with van der Waals surface area (Å²) in [4.78, 5) is 71.8. The van der Waals surface area contributed by atoms with Crippen LogP contribution < -0.4 is 32.4 Å². The van der Waals surface area contributed by atoms with E-state index in [1.54, 1.807) is 27.3 Å². The van der Waals surface area contributed by atoms with Crippen LogP contribution in [0, 0.1) is 68.0 Å². The lowest BCUT2D eigenvalue weighted by Gasteiger charge is -2.28. The van der Waals surface area contributed by atoms with Crippen molar-refractivity contribution >= 4 is 64.0 Å². The highest BCUT2D eigenvalue weighted by Gasteiger charge is 2.54. The van der Waals surface area contributed by atoms with E-state index < -0.39 is 49.9 Å². The first-order chi connectivity index (χ1) is 44.8. The zero-order valence-electron chi connectivity index (χ0n) is 64.1. The fraction of sp³-hybridized carbons (Fsp3) is 0.914. The number of hydrogen-bond donors (Lipinski definition) is 10. The third kappa shape index (κ3) is 25.6. The molecule has 0 heterocycles. The van der Waals surface area contributed by atoms with Gasteiger partial charge in [-0.25, -0.2) is 0 Å². The second-order valence-corrected chi connectivity index (χ2v) is 29.8. The molecule has 6 aliphatic carbocycles. The van der Waals surface area contributed by atoms with Crippen molar-refractivity contribution in [2.45, 2.75) is 304 Å². The minimum absolute atomic E-state index is 0.0696. The normalized spacial score (nSPS) is 33.9. The quantitative estimate of drug-likeness (QED) is 0.0219. The Hall–Kier alpha value is -3.32. The van der Waals surface area contributed by atoms with Gasteiger partial charge in [-0.15, -0.1) is 0 Å². The maximum atomic E-state index is 12.1. The van der Waals surface area contributed by atoms with E-state index in [0.717, 1.165) is 116 Å². The molecule has 6 fully saturated rings. The second-order valence-electron chi connectivity index (χ2n) is 29.8. The molecule has 0 aliphatic heterocycles. The van der Waals surface area contributed by atoms with Crippen LogP contribution >= 0.6 is 0 Å². The van der Waals surface area contributed by atoms with Gasteiger partial charge in [0.15, 0.2) is 0 Å². The van der Waals surface area contributed by atoms with Gasteiger partial charge in [0.1, 0.15) is 0 Å². The lowest BCUT2D eigenvalue weighted by atomic mass is 9.78. The molecular weight excluding hydrogens is 1220 g/mol. The van der Waals surface area contributed by atoms with Crippen LogP contribution in [-0.4, -0.2) is 160 Å². The fourth-order valence-corrected chi connectivity index (χ4v) is 17.2. The van der Waals surface area contributed by atoms with Crippen LogP contribution in [0.3, 0.4) is 0 Å². The summed E-state index contributed by atoms with van der Waals surface area (Å²) in [7, 11) is -2.10. The Bertz CT molecular complexity index is 2060. The highest BCUT2D eigenvalue weighted by atomic mass is 16.6. The van der Waals surface area contributed by atoms with Gasteiger partial charge in [0.25, 0.3) is 0 Å². The molecule has 6 rings (SSSR count). The SMILES string of the molecule is CCOC(=O)C1(C)C[C@@H](N)C[C@H]1CC.CCOC(=O)C1(C)C[C@H](N)C[C@@H]1CC.CCOC(=O)[C@@]1(C)CC(NB(C)O)C[C@@H]1CC.CCOC(=O)[C@@]1(C)CC(NB(C)O)C[C@H]1CC.CCOC(=O)[C@]1(C)CC(NB(C)O)C[C@@H]1CC.CCOC(=O)[C@]1(C)CC(NB(C)O)C[C@H]1CC. The van der Waals surface area contributed by atoms with Gasteiger partial charge in [0, 0.05) is 12.1 Å². The van der Waals surface area contributed by atoms with E-state index >= 15 is 0 Å². The summed E-state index contributed by atoms with van der Waals surface area (Å²) in [5, 5.41) is 49.9. The van der Waals surface area contributed by atoms with Crippen molar-refractivity contribution < 1.29 is 77.3 Å². The number of carbonyl (C=O) groups is 6. The van der Waals surface area contributed by atoms with Crippen molar-refractivity contribution in [2.24, 2.45) is 79.5 Å². The summed E-state index contributed by atoms with van der Waals surface area (Å²) in [6.45, 7) is 45.1. The predicted molar refractivity (Wildman–Crippen MR) is 386 cm³/mol. The maximum Gasteiger partial charge on any atom is 0.373 e. The predicted octanol–water partition coefficient (Wildman–Crippen LogP) is 9.18. The van der Waals surface area contributed by atoms with E-state index in [-0.39, 0.29) is 82.9 Å². The van der Waals surface area contributed by atoms with Crippen molar-refractivity contribution in [3.8, 4) is 0 Å². The number of hydrogen-bond acceptors (Lipinski definition) is 22. The Morgan fingerprint density at radius 1 is 0.312 bits per heavy atom. The van der Waals surface area contributed by atoms with Crippen LogP contribution in [0.25, 0.3) is 0 Å². The molecule has 6 saturated carbocycles. The second kappa shape index (κ2) is 42.8. The molecule has 6 unspecified atom stereocenters. The lowest BCUT2D eigenvalue weighted by molar-refractivity contribution is -0.157. The number of carbonyl (C=O) groups excluding carboxylic acids is 6. The molecule has 0 radical (unpaired) electrons. The lowest BCUT2D eigenvalue weighted by Crippen LogP contribution is -2.40. The third-order valence-electron chi connectivity index (χ3n) is 22.2. The maximum absolute atomic E-state index is 12.1. The smallest absolute Gasteiger partial charge is 0.373 e. The molecule has 0 bridgehead atoms. The van der Waals surface area contributed by atoms with Gasteiger partial charge in [-0.1, -0.05) is 80.1 Å². The number of rotatable bonds is 26. The molecule has 6 aliphatic rings. The average Bonchev–Trinajstić information content (AvgIpc) is 1.32. The minimum atomic E-state index is -0.526. The zero-order valence-corrected chi connectivity index (χ0v) is 64.1. The molecule has 96 heavy (non-hydrogen) atoms. The summed E-state index contributed by atoms with van der Waals surface area (Å²) >= 11 is 0. The molecular formula is C70H138B4N6O16. The molecule has 0 aromatic heterocycles. The summed E-state index contributed by atoms with van der Waals surface area (Å²) in [5.74, 6) is 1.57. The standard InChI is InChI=1S/4C12H24BNO3.2C11H21NO2/c4*1-5-9-7-10(14-13(4)16)8-12(9,3)11(15)17-6-2;2*1-4-8-6-9(12)7-11(8,3)10(13)14-5-2/h4*9-10,14,16H,5-8H2,1-4H3;2*8-9H,4-7,12H2,1-3H3/t2*9-,10?,12+;2*9-,10?,12-;2*8-,9+,11?/m101010/s1. The van der Waals surface area contributed by atoms with Gasteiger partial charge in [-0.3, -0.25) is 28.8 Å². The van der Waals surface area contributed by atoms with E-state index in [2.05, 4.69) is 62.5 Å². The van der Waals surface area contributed by atoms with Gasteiger partial charge < -0.3 is 80.9 Å². The van der Waals surface area contributed by atoms with Crippen molar-refractivity contribution in [3.05, 3.63) is 0 Å². The highest BCUT2D eigenvalue weighted by molar-refractivity contribution is 6.46. The van der Waals surface area contributed by atoms with Gasteiger partial charge in [0.05, 0.1) is 72.1 Å². The molecule has 0 spiro atoms. The Labute approximate surface area is 582 Å². The van der Waals surface area contributed by atoms with Crippen LogP contribution in [0.4, 0.5) is 0 Å². The molecule has 18 atom stereocenters. The molecule has 26 heteroatoms. The Kier molecular flexibility index (Phi) is 40.5. The van der Waals surface area contributed by atoms with E-state index in [9.17, 15) is 48.9 Å². The number of nitrogens with two attached hydrogens (primary N) is 2. The van der Waals surface area contributed by atoms with Gasteiger partial charge in [0.2, 0.25) is 0 Å². The van der Waals surface area contributed by atoms with Gasteiger partial charge in [-0.05, 0) is 247 Å². The van der Waals surface area contributed by atoms with Gasteiger partial charge >= 0.3 is 64.0 Å². The first-order valence-electron chi connectivity index (χ1n) is 37.1. The summed E-state index contributed by atoms with van der Waals surface area (Å²) in [6.07, 6.45) is 16.0. The number of ether oxygens (including phenoxy) is 6. The molecule has 0 aromatic rings. The molecule has 12 N–H and O–H groups in total. The highest BCUT2D eigenvalue weighted by Crippen LogP contribution is 2.50. The average molecular weight is 1360 g/mol. The summed E-state index contributed by atoms with van der Waals surface area (Å²) < 4.78 is 31.0. The Morgan fingerprint density at radius 3 is 0.594 bits per heavy atom. The monoisotopic (exact) mass is 1360 g/mol. The largest absolute Gasteiger partial charge is 0.466 e. The van der Waals surface area contributed by atoms with Crippen molar-refractivity contribution in [1.82, 2.24) is 20.9 Å². The molecule has 0 aromatic carbocycles. The van der Waals surface area contributed by atoms with E-state index in [1.165, 1.54) is 0 Å². The van der Waals surface area contributed by atoms with Crippen LogP contribution in [0.15, 0.2) is 0 Å². The van der Waals surface area contributed by atoms with E-state index in [0.29, 0.717) is 75.1 Å². The topological polar surface area (TPSA) is 339 Å². The van der Waals surface area contributed by atoms with Crippen molar-refractivity contribution in [3.63, 3.8) is 0 Å². The Morgan fingerprint density at radius 2 is 0.458 bits per heavy atom. The van der Waals surface area contributed by atoms with E-state index in [1.807, 2.05) is 83.1 Å². The van der Waals surface area contributed by atoms with Crippen LogP contribution in [0.1, 0.15) is 240 Å². The minimum Gasteiger partial charge on any atom is -0.466 e. The summed E-state index contributed by atoms with van der Waals surface area (Å²) in [5.41, 5.74) is 9.50. The number of nitrogens with one attached hydrogen (secondary N) is 4. The van der Waals surface area contributed by atoms with Crippen molar-refractivity contribution in [2.75, 3.05) is 39.6 Å². The Balaban J connectivity index is 0.000000577. The van der Waals surface area contributed by atoms with Crippen LogP contribution in [-0.2, 0) is 57.2 Å². The fourth-order valence-electron chi connectivity index (χ4n) is 17.2.